The number of rotatable bonds is 2. The highest BCUT2D eigenvalue weighted by atomic mass is 16.5. The van der Waals surface area contributed by atoms with Crippen LogP contribution in [-0.2, 0) is 4.74 Å². The molecular weight excluding hydrogens is 220 g/mol. The Kier molecular flexibility index (Phi) is 3.04. The highest BCUT2D eigenvalue weighted by Crippen LogP contribution is 2.16. The summed E-state index contributed by atoms with van der Waals surface area (Å²) in [4.78, 5) is 19.4. The zero-order valence-electron chi connectivity index (χ0n) is 9.54. The molecule has 2 aromatic heterocycles. The van der Waals surface area contributed by atoms with Crippen molar-refractivity contribution in [2.24, 2.45) is 0 Å². The predicted octanol–water partition coefficient (Wildman–Crippen LogP) is 1.56. The first-order chi connectivity index (χ1) is 8.20. The molecular formula is C11H12N4O2. The van der Waals surface area contributed by atoms with Crippen molar-refractivity contribution in [3.05, 3.63) is 36.5 Å². The number of hydrogen-bond donors (Lipinski definition) is 1. The largest absolute Gasteiger partial charge is 0.452 e. The minimum absolute atomic E-state index is 0.539. The summed E-state index contributed by atoms with van der Waals surface area (Å²) in [7, 11) is 1.31. The van der Waals surface area contributed by atoms with Crippen molar-refractivity contribution in [2.75, 3.05) is 12.5 Å². The molecule has 6 nitrogen and oxygen atoms in total. The molecule has 0 atom stereocenters. The van der Waals surface area contributed by atoms with Crippen LogP contribution in [0.5, 0.6) is 0 Å². The molecule has 0 bridgehead atoms. The minimum Gasteiger partial charge on any atom is -0.452 e. The molecule has 0 aliphatic rings. The maximum atomic E-state index is 11.1. The first-order valence-electron chi connectivity index (χ1n) is 5.02. The zero-order valence-corrected chi connectivity index (χ0v) is 9.54. The van der Waals surface area contributed by atoms with Gasteiger partial charge in [-0.1, -0.05) is 0 Å². The van der Waals surface area contributed by atoms with Gasteiger partial charge in [0.15, 0.2) is 0 Å². The number of hydrogen-bond acceptors (Lipinski definition) is 4. The van der Waals surface area contributed by atoms with Crippen molar-refractivity contribution >= 4 is 6.09 Å². The Morgan fingerprint density at radius 2 is 2.35 bits per heavy atom. The van der Waals surface area contributed by atoms with Crippen molar-refractivity contribution in [1.82, 2.24) is 14.6 Å². The molecule has 88 valence electrons. The second-order valence-electron chi connectivity index (χ2n) is 3.39. The van der Waals surface area contributed by atoms with Crippen molar-refractivity contribution < 1.29 is 9.53 Å². The number of nitrogens with zero attached hydrogens (tertiary/aromatic N) is 3. The van der Waals surface area contributed by atoms with Gasteiger partial charge in [0.2, 0.25) is 0 Å². The Balaban J connectivity index is 2.28. The van der Waals surface area contributed by atoms with Crippen molar-refractivity contribution in [2.45, 2.75) is 6.92 Å². The van der Waals surface area contributed by atoms with Crippen LogP contribution in [0.3, 0.4) is 0 Å². The molecule has 0 aliphatic heterocycles. The van der Waals surface area contributed by atoms with E-state index in [0.717, 1.165) is 11.3 Å². The average molecular weight is 232 g/mol. The van der Waals surface area contributed by atoms with Crippen LogP contribution in [0, 0.1) is 6.92 Å². The molecule has 0 aromatic carbocycles. The predicted molar refractivity (Wildman–Crippen MR) is 62.0 cm³/mol. The second kappa shape index (κ2) is 4.65. The minimum atomic E-state index is -0.539. The Labute approximate surface area is 98.2 Å². The van der Waals surface area contributed by atoms with Gasteiger partial charge in [-0.25, -0.2) is 19.9 Å². The first-order valence-corrected chi connectivity index (χ1v) is 5.02. The lowest BCUT2D eigenvalue weighted by atomic mass is 10.2. The van der Waals surface area contributed by atoms with Gasteiger partial charge < -0.3 is 4.74 Å². The standard InChI is InChI=1S/C11H12N4O2/c1-8-13-10(9-4-3-5-12-6-9)7-15(8)14-11(16)17-2/h3-7H,1-2H3,(H,14,16). The smallest absolute Gasteiger partial charge is 0.426 e. The van der Waals surface area contributed by atoms with Crippen molar-refractivity contribution in [1.29, 1.82) is 0 Å². The van der Waals surface area contributed by atoms with E-state index >= 15 is 0 Å². The molecule has 0 unspecified atom stereocenters. The third kappa shape index (κ3) is 2.41. The summed E-state index contributed by atoms with van der Waals surface area (Å²) in [6.07, 6.45) is 4.58. The van der Waals surface area contributed by atoms with Crippen LogP contribution >= 0.6 is 0 Å². The number of nitrogens with one attached hydrogen (secondary N) is 1. The number of ether oxygens (including phenoxy) is 1. The number of imidazole rings is 1. The molecule has 0 saturated carbocycles. The van der Waals surface area contributed by atoms with E-state index in [0.29, 0.717) is 5.82 Å². The van der Waals surface area contributed by atoms with Gasteiger partial charge in [0.25, 0.3) is 0 Å². The van der Waals surface area contributed by atoms with E-state index in [2.05, 4.69) is 20.1 Å². The van der Waals surface area contributed by atoms with E-state index in [9.17, 15) is 4.79 Å². The number of aryl methyl sites for hydroxylation is 1. The third-order valence-corrected chi connectivity index (χ3v) is 2.24. The molecule has 6 heteroatoms. The molecule has 17 heavy (non-hydrogen) atoms. The van der Waals surface area contributed by atoms with Crippen LogP contribution in [0.4, 0.5) is 4.79 Å². The lowest BCUT2D eigenvalue weighted by Gasteiger charge is -2.04. The number of aromatic nitrogens is 3. The number of methoxy groups -OCH3 is 1. The van der Waals surface area contributed by atoms with Gasteiger partial charge in [0.05, 0.1) is 19.0 Å². The third-order valence-electron chi connectivity index (χ3n) is 2.24. The van der Waals surface area contributed by atoms with Crippen LogP contribution in [0.15, 0.2) is 30.7 Å². The van der Waals surface area contributed by atoms with Gasteiger partial charge in [-0.3, -0.25) is 4.98 Å². The van der Waals surface area contributed by atoms with E-state index in [1.54, 1.807) is 25.5 Å². The van der Waals surface area contributed by atoms with Gasteiger partial charge >= 0.3 is 6.09 Å². The molecule has 0 radical (unpaired) electrons. The number of amides is 1. The second-order valence-corrected chi connectivity index (χ2v) is 3.39. The van der Waals surface area contributed by atoms with E-state index in [1.807, 2.05) is 12.1 Å². The summed E-state index contributed by atoms with van der Waals surface area (Å²) in [5, 5.41) is 0. The fourth-order valence-corrected chi connectivity index (χ4v) is 1.38. The maximum absolute atomic E-state index is 11.1. The van der Waals surface area contributed by atoms with Gasteiger partial charge in [0, 0.05) is 18.0 Å². The monoisotopic (exact) mass is 232 g/mol. The first kappa shape index (κ1) is 11.1. The van der Waals surface area contributed by atoms with Crippen LogP contribution < -0.4 is 5.43 Å². The van der Waals surface area contributed by atoms with Crippen LogP contribution in [0.25, 0.3) is 11.3 Å². The van der Waals surface area contributed by atoms with Crippen molar-refractivity contribution in [3.63, 3.8) is 0 Å². The number of pyridine rings is 1. The lowest BCUT2D eigenvalue weighted by Crippen LogP contribution is -2.22. The molecule has 2 heterocycles. The van der Waals surface area contributed by atoms with Gasteiger partial charge in [-0.2, -0.15) is 0 Å². The van der Waals surface area contributed by atoms with Crippen LogP contribution in [0.1, 0.15) is 5.82 Å². The molecule has 0 spiro atoms. The van der Waals surface area contributed by atoms with Crippen LogP contribution in [0.2, 0.25) is 0 Å². The van der Waals surface area contributed by atoms with E-state index in [1.165, 1.54) is 11.8 Å². The summed E-state index contributed by atoms with van der Waals surface area (Å²) < 4.78 is 6.02. The molecule has 0 fully saturated rings. The summed E-state index contributed by atoms with van der Waals surface area (Å²) >= 11 is 0. The molecule has 1 N–H and O–H groups in total. The fraction of sp³-hybridized carbons (Fsp3) is 0.182. The average Bonchev–Trinajstić information content (AvgIpc) is 2.72. The topological polar surface area (TPSA) is 69.0 Å². The summed E-state index contributed by atoms with van der Waals surface area (Å²) in [5.41, 5.74) is 4.16. The molecule has 0 aliphatic carbocycles. The SMILES string of the molecule is COC(=O)Nn1cc(-c2cccnc2)nc1C. The normalized spacial score (nSPS) is 10.0. The van der Waals surface area contributed by atoms with Crippen LogP contribution in [-0.4, -0.2) is 27.8 Å². The van der Waals surface area contributed by atoms with Gasteiger partial charge in [-0.15, -0.1) is 0 Å². The van der Waals surface area contributed by atoms with E-state index in [-0.39, 0.29) is 0 Å². The summed E-state index contributed by atoms with van der Waals surface area (Å²) in [6.45, 7) is 1.79. The number of carbonyl (C=O) groups is 1. The highest BCUT2D eigenvalue weighted by Gasteiger charge is 2.08. The fourth-order valence-electron chi connectivity index (χ4n) is 1.38. The van der Waals surface area contributed by atoms with Gasteiger partial charge in [0.1, 0.15) is 5.82 Å². The molecule has 1 amide bonds. The molecule has 0 saturated heterocycles. The Morgan fingerprint density at radius 1 is 1.53 bits per heavy atom. The Hall–Kier alpha value is -2.37. The van der Waals surface area contributed by atoms with E-state index < -0.39 is 6.09 Å². The maximum Gasteiger partial charge on any atom is 0.426 e. The Bertz CT molecular complexity index is 522. The zero-order chi connectivity index (χ0) is 12.3. The quantitative estimate of drug-likeness (QED) is 0.853. The van der Waals surface area contributed by atoms with Gasteiger partial charge in [-0.05, 0) is 19.1 Å². The number of carbonyl (C=O) groups excluding carboxylic acids is 1. The molecule has 2 aromatic rings. The summed E-state index contributed by atoms with van der Waals surface area (Å²) in [6, 6.07) is 3.73. The summed E-state index contributed by atoms with van der Waals surface area (Å²) in [5.74, 6) is 0.661. The lowest BCUT2D eigenvalue weighted by molar-refractivity contribution is 0.183. The molecule has 2 rings (SSSR count). The Morgan fingerprint density at radius 3 is 3.00 bits per heavy atom. The highest BCUT2D eigenvalue weighted by molar-refractivity contribution is 5.75. The van der Waals surface area contributed by atoms with Crippen molar-refractivity contribution in [3.8, 4) is 11.3 Å². The van der Waals surface area contributed by atoms with E-state index in [4.69, 9.17) is 0 Å².